The SMILES string of the molecule is CC(Oc1ccc(Br)cc1)C(=O)OCC(=O)NC(=O)c1ccccc1. The second kappa shape index (κ2) is 8.98. The van der Waals surface area contributed by atoms with Crippen LogP contribution in [0.2, 0.25) is 0 Å². The van der Waals surface area contributed by atoms with E-state index >= 15 is 0 Å². The van der Waals surface area contributed by atoms with Crippen LogP contribution in [0.4, 0.5) is 0 Å². The smallest absolute Gasteiger partial charge is 0.347 e. The molecule has 0 aliphatic carbocycles. The van der Waals surface area contributed by atoms with E-state index in [1.54, 1.807) is 54.6 Å². The molecule has 0 aliphatic rings. The zero-order chi connectivity index (χ0) is 18.2. The van der Waals surface area contributed by atoms with Crippen LogP contribution in [0, 0.1) is 0 Å². The summed E-state index contributed by atoms with van der Waals surface area (Å²) in [6, 6.07) is 15.2. The molecular weight excluding hydrogens is 390 g/mol. The van der Waals surface area contributed by atoms with E-state index < -0.39 is 30.5 Å². The molecule has 1 atom stereocenters. The monoisotopic (exact) mass is 405 g/mol. The fourth-order valence-electron chi connectivity index (χ4n) is 1.84. The van der Waals surface area contributed by atoms with Gasteiger partial charge in [0.15, 0.2) is 12.7 Å². The van der Waals surface area contributed by atoms with Gasteiger partial charge in [-0.05, 0) is 43.3 Å². The van der Waals surface area contributed by atoms with Crippen molar-refractivity contribution in [1.29, 1.82) is 0 Å². The predicted molar refractivity (Wildman–Crippen MR) is 94.1 cm³/mol. The molecular formula is C18H16BrNO5. The number of imide groups is 1. The van der Waals surface area contributed by atoms with E-state index in [0.29, 0.717) is 11.3 Å². The molecule has 6 nitrogen and oxygen atoms in total. The van der Waals surface area contributed by atoms with Crippen molar-refractivity contribution in [3.05, 3.63) is 64.6 Å². The molecule has 0 spiro atoms. The zero-order valence-electron chi connectivity index (χ0n) is 13.4. The number of benzene rings is 2. The Bertz CT molecular complexity index is 746. The number of halogens is 1. The predicted octanol–water partition coefficient (Wildman–Crippen LogP) is 2.72. The summed E-state index contributed by atoms with van der Waals surface area (Å²) in [7, 11) is 0. The number of carbonyl (C=O) groups is 3. The summed E-state index contributed by atoms with van der Waals surface area (Å²) >= 11 is 3.30. The van der Waals surface area contributed by atoms with Crippen molar-refractivity contribution in [1.82, 2.24) is 5.32 Å². The molecule has 1 N–H and O–H groups in total. The van der Waals surface area contributed by atoms with E-state index in [2.05, 4.69) is 21.2 Å². The highest BCUT2D eigenvalue weighted by molar-refractivity contribution is 9.10. The number of hydrogen-bond donors (Lipinski definition) is 1. The lowest BCUT2D eigenvalue weighted by atomic mass is 10.2. The maximum absolute atomic E-state index is 11.9. The van der Waals surface area contributed by atoms with E-state index in [0.717, 1.165) is 4.47 Å². The van der Waals surface area contributed by atoms with Crippen molar-refractivity contribution in [2.75, 3.05) is 6.61 Å². The number of hydrogen-bond acceptors (Lipinski definition) is 5. The summed E-state index contributed by atoms with van der Waals surface area (Å²) in [6.45, 7) is 0.947. The zero-order valence-corrected chi connectivity index (χ0v) is 15.0. The summed E-state index contributed by atoms with van der Waals surface area (Å²) in [5.74, 6) is -1.47. The quantitative estimate of drug-likeness (QED) is 0.747. The van der Waals surface area contributed by atoms with Crippen LogP contribution in [0.15, 0.2) is 59.1 Å². The Hall–Kier alpha value is -2.67. The van der Waals surface area contributed by atoms with Gasteiger partial charge in [0.2, 0.25) is 0 Å². The highest BCUT2D eigenvalue weighted by Crippen LogP contribution is 2.17. The van der Waals surface area contributed by atoms with Gasteiger partial charge >= 0.3 is 5.97 Å². The van der Waals surface area contributed by atoms with Crippen LogP contribution in [-0.2, 0) is 14.3 Å². The summed E-state index contributed by atoms with van der Waals surface area (Å²) in [5.41, 5.74) is 0.342. The minimum Gasteiger partial charge on any atom is -0.479 e. The van der Waals surface area contributed by atoms with Crippen LogP contribution in [0.1, 0.15) is 17.3 Å². The van der Waals surface area contributed by atoms with E-state index in [1.807, 2.05) is 0 Å². The second-order valence-corrected chi connectivity index (χ2v) is 5.98. The summed E-state index contributed by atoms with van der Waals surface area (Å²) < 4.78 is 11.2. The Balaban J connectivity index is 1.77. The number of esters is 1. The van der Waals surface area contributed by atoms with Gasteiger partial charge in [-0.3, -0.25) is 14.9 Å². The Labute approximate surface area is 153 Å². The molecule has 25 heavy (non-hydrogen) atoms. The van der Waals surface area contributed by atoms with Crippen molar-refractivity contribution >= 4 is 33.7 Å². The number of ether oxygens (including phenoxy) is 2. The van der Waals surface area contributed by atoms with Gasteiger partial charge in [0.25, 0.3) is 11.8 Å². The number of carbonyl (C=O) groups excluding carboxylic acids is 3. The Morgan fingerprint density at radius 2 is 1.68 bits per heavy atom. The highest BCUT2D eigenvalue weighted by Gasteiger charge is 2.18. The van der Waals surface area contributed by atoms with Crippen LogP contribution < -0.4 is 10.1 Å². The molecule has 2 rings (SSSR count). The normalized spacial score (nSPS) is 11.3. The highest BCUT2D eigenvalue weighted by atomic mass is 79.9. The van der Waals surface area contributed by atoms with Crippen LogP contribution in [0.25, 0.3) is 0 Å². The van der Waals surface area contributed by atoms with Gasteiger partial charge in [-0.25, -0.2) is 4.79 Å². The molecule has 0 heterocycles. The Kier molecular flexibility index (Phi) is 6.71. The number of nitrogens with one attached hydrogen (secondary N) is 1. The van der Waals surface area contributed by atoms with E-state index in [4.69, 9.17) is 9.47 Å². The third kappa shape index (κ3) is 6.04. The number of rotatable bonds is 6. The first-order valence-corrected chi connectivity index (χ1v) is 8.23. The maximum atomic E-state index is 11.9. The van der Waals surface area contributed by atoms with Gasteiger partial charge in [0.05, 0.1) is 0 Å². The molecule has 0 bridgehead atoms. The van der Waals surface area contributed by atoms with E-state index in [9.17, 15) is 14.4 Å². The van der Waals surface area contributed by atoms with Crippen molar-refractivity contribution < 1.29 is 23.9 Å². The van der Waals surface area contributed by atoms with E-state index in [-0.39, 0.29) is 0 Å². The molecule has 0 radical (unpaired) electrons. The molecule has 2 aromatic rings. The molecule has 0 saturated heterocycles. The standard InChI is InChI=1S/C18H16BrNO5/c1-12(25-15-9-7-14(19)8-10-15)18(23)24-11-16(21)20-17(22)13-5-3-2-4-6-13/h2-10,12H,11H2,1H3,(H,20,21,22). The van der Waals surface area contributed by atoms with Crippen LogP contribution >= 0.6 is 15.9 Å². The molecule has 130 valence electrons. The van der Waals surface area contributed by atoms with Gasteiger partial charge in [0, 0.05) is 10.0 Å². The third-order valence-corrected chi connectivity index (χ3v) is 3.62. The lowest BCUT2D eigenvalue weighted by Crippen LogP contribution is -2.36. The molecule has 0 saturated carbocycles. The first kappa shape index (κ1) is 18.7. The topological polar surface area (TPSA) is 81.7 Å². The van der Waals surface area contributed by atoms with Gasteiger partial charge < -0.3 is 9.47 Å². The van der Waals surface area contributed by atoms with Gasteiger partial charge in [-0.15, -0.1) is 0 Å². The third-order valence-electron chi connectivity index (χ3n) is 3.09. The van der Waals surface area contributed by atoms with Crippen LogP contribution in [0.3, 0.4) is 0 Å². The fraction of sp³-hybridized carbons (Fsp3) is 0.167. The Morgan fingerprint density at radius 3 is 2.32 bits per heavy atom. The van der Waals surface area contributed by atoms with Gasteiger partial charge in [-0.2, -0.15) is 0 Å². The second-order valence-electron chi connectivity index (χ2n) is 5.07. The average Bonchev–Trinajstić information content (AvgIpc) is 2.62. The first-order valence-electron chi connectivity index (χ1n) is 7.44. The van der Waals surface area contributed by atoms with Gasteiger partial charge in [0.1, 0.15) is 5.75 Å². The average molecular weight is 406 g/mol. The molecule has 7 heteroatoms. The first-order chi connectivity index (χ1) is 12.0. The summed E-state index contributed by atoms with van der Waals surface area (Å²) in [4.78, 5) is 35.3. The van der Waals surface area contributed by atoms with Crippen molar-refractivity contribution in [3.8, 4) is 5.75 Å². The molecule has 1 unspecified atom stereocenters. The van der Waals surface area contributed by atoms with Crippen molar-refractivity contribution in [2.45, 2.75) is 13.0 Å². The maximum Gasteiger partial charge on any atom is 0.347 e. The van der Waals surface area contributed by atoms with E-state index in [1.165, 1.54) is 6.92 Å². The van der Waals surface area contributed by atoms with Gasteiger partial charge in [-0.1, -0.05) is 34.1 Å². The van der Waals surface area contributed by atoms with Crippen LogP contribution in [-0.4, -0.2) is 30.5 Å². The Morgan fingerprint density at radius 1 is 1.04 bits per heavy atom. The lowest BCUT2D eigenvalue weighted by molar-refractivity contribution is -0.154. The summed E-state index contributed by atoms with van der Waals surface area (Å²) in [5, 5.41) is 2.15. The van der Waals surface area contributed by atoms with Crippen LogP contribution in [0.5, 0.6) is 5.75 Å². The number of amides is 2. The van der Waals surface area contributed by atoms with Crippen molar-refractivity contribution in [2.24, 2.45) is 0 Å². The molecule has 2 amide bonds. The minimum atomic E-state index is -0.890. The largest absolute Gasteiger partial charge is 0.479 e. The molecule has 2 aromatic carbocycles. The minimum absolute atomic E-state index is 0.342. The summed E-state index contributed by atoms with van der Waals surface area (Å²) in [6.07, 6.45) is -0.890. The fourth-order valence-corrected chi connectivity index (χ4v) is 2.11. The lowest BCUT2D eigenvalue weighted by Gasteiger charge is -2.13. The molecule has 0 fully saturated rings. The van der Waals surface area contributed by atoms with Crippen molar-refractivity contribution in [3.63, 3.8) is 0 Å². The molecule has 0 aliphatic heterocycles. The molecule has 0 aromatic heterocycles.